The van der Waals surface area contributed by atoms with Crippen LogP contribution in [-0.2, 0) is 9.47 Å². The molecule has 1 heterocycles. The third-order valence-corrected chi connectivity index (χ3v) is 5.79. The lowest BCUT2D eigenvalue weighted by molar-refractivity contribution is -0.147. The van der Waals surface area contributed by atoms with Crippen LogP contribution in [0, 0.1) is 0 Å². The van der Waals surface area contributed by atoms with E-state index in [1.54, 1.807) is 0 Å². The van der Waals surface area contributed by atoms with Gasteiger partial charge in [0.25, 0.3) is 0 Å². The Morgan fingerprint density at radius 3 is 1.13 bits per heavy atom. The van der Waals surface area contributed by atoms with Crippen LogP contribution in [0.15, 0.2) is 109 Å². The molecule has 4 aromatic carbocycles. The maximum atomic E-state index is 6.34. The predicted octanol–water partition coefficient (Wildman–Crippen LogP) is 7.59. The average molecular weight is 407 g/mol. The Morgan fingerprint density at radius 2 is 0.774 bits per heavy atom. The number of rotatable bonds is 4. The highest BCUT2D eigenvalue weighted by Gasteiger charge is 2.42. The van der Waals surface area contributed by atoms with E-state index < -0.39 is 5.79 Å². The van der Waals surface area contributed by atoms with Crippen molar-refractivity contribution in [2.75, 3.05) is 0 Å². The molecule has 0 bridgehead atoms. The fourth-order valence-corrected chi connectivity index (χ4v) is 4.24. The molecule has 5 rings (SSSR count). The molecule has 1 fully saturated rings. The first-order valence-corrected chi connectivity index (χ1v) is 10.8. The maximum absolute atomic E-state index is 6.34. The molecule has 0 unspecified atom stereocenters. The summed E-state index contributed by atoms with van der Waals surface area (Å²) in [5.74, 6) is -0.633. The van der Waals surface area contributed by atoms with Crippen molar-refractivity contribution in [2.45, 2.75) is 31.8 Å². The molecule has 1 saturated heterocycles. The van der Waals surface area contributed by atoms with Gasteiger partial charge < -0.3 is 9.47 Å². The van der Waals surface area contributed by atoms with E-state index in [0.29, 0.717) is 0 Å². The van der Waals surface area contributed by atoms with Crippen LogP contribution in [0.2, 0.25) is 0 Å². The molecular formula is C29H26O2. The molecule has 154 valence electrons. The van der Waals surface area contributed by atoms with Gasteiger partial charge in [-0.05, 0) is 47.2 Å². The summed E-state index contributed by atoms with van der Waals surface area (Å²) in [5.41, 5.74) is 7.08. The van der Waals surface area contributed by atoms with Crippen LogP contribution in [0.25, 0.3) is 22.3 Å². The van der Waals surface area contributed by atoms with Crippen molar-refractivity contribution in [3.63, 3.8) is 0 Å². The van der Waals surface area contributed by atoms with Crippen LogP contribution in [0.3, 0.4) is 0 Å². The highest BCUT2D eigenvalue weighted by atomic mass is 16.7. The number of benzene rings is 4. The Balaban J connectivity index is 1.43. The average Bonchev–Trinajstić information content (AvgIpc) is 3.16. The summed E-state index contributed by atoms with van der Waals surface area (Å²) in [6, 6.07) is 38.1. The van der Waals surface area contributed by atoms with Gasteiger partial charge in [0, 0.05) is 0 Å². The highest BCUT2D eigenvalue weighted by molar-refractivity contribution is 5.64. The van der Waals surface area contributed by atoms with Crippen molar-refractivity contribution in [3.8, 4) is 22.3 Å². The minimum absolute atomic E-state index is 0.151. The third-order valence-electron chi connectivity index (χ3n) is 5.79. The fraction of sp³-hybridized carbons (Fsp3) is 0.172. The Labute approximate surface area is 184 Å². The standard InChI is InChI=1S/C29H26O2/c1-29(2)30-27(25-17-13-23(14-18-25)21-9-5-3-6-10-21)28(31-29)26-19-15-24(16-20-26)22-11-7-4-8-12-22/h3-20,27-28H,1-2H3/t27-,28-/m1/s1. The first-order chi connectivity index (χ1) is 15.1. The van der Waals surface area contributed by atoms with Gasteiger partial charge in [0.1, 0.15) is 12.2 Å². The Bertz CT molecular complexity index is 1040. The summed E-state index contributed by atoms with van der Waals surface area (Å²) >= 11 is 0. The van der Waals surface area contributed by atoms with Crippen LogP contribution in [0.1, 0.15) is 37.2 Å². The minimum atomic E-state index is -0.633. The lowest BCUT2D eigenvalue weighted by Gasteiger charge is -2.18. The molecule has 31 heavy (non-hydrogen) atoms. The van der Waals surface area contributed by atoms with E-state index in [9.17, 15) is 0 Å². The lowest BCUT2D eigenvalue weighted by atomic mass is 9.95. The van der Waals surface area contributed by atoms with Crippen molar-refractivity contribution < 1.29 is 9.47 Å². The molecule has 0 spiro atoms. The normalized spacial score (nSPS) is 19.9. The first-order valence-electron chi connectivity index (χ1n) is 10.8. The molecule has 0 aliphatic carbocycles. The predicted molar refractivity (Wildman–Crippen MR) is 125 cm³/mol. The van der Waals surface area contributed by atoms with E-state index in [-0.39, 0.29) is 12.2 Å². The number of hydrogen-bond acceptors (Lipinski definition) is 2. The maximum Gasteiger partial charge on any atom is 0.164 e. The molecule has 0 N–H and O–H groups in total. The molecule has 0 radical (unpaired) electrons. The quantitative estimate of drug-likeness (QED) is 0.348. The second kappa shape index (κ2) is 8.14. The zero-order chi connectivity index (χ0) is 21.3. The van der Waals surface area contributed by atoms with Gasteiger partial charge in [-0.1, -0.05) is 109 Å². The molecule has 1 aliphatic heterocycles. The van der Waals surface area contributed by atoms with E-state index in [2.05, 4.69) is 97.1 Å². The zero-order valence-corrected chi connectivity index (χ0v) is 17.9. The van der Waals surface area contributed by atoms with Gasteiger partial charge in [0.05, 0.1) is 0 Å². The van der Waals surface area contributed by atoms with Crippen molar-refractivity contribution in [1.82, 2.24) is 0 Å². The summed E-state index contributed by atoms with van der Waals surface area (Å²) in [6.07, 6.45) is -0.301. The van der Waals surface area contributed by atoms with Crippen molar-refractivity contribution >= 4 is 0 Å². The molecule has 2 atom stereocenters. The fourth-order valence-electron chi connectivity index (χ4n) is 4.24. The smallest absolute Gasteiger partial charge is 0.164 e. The summed E-state index contributed by atoms with van der Waals surface area (Å²) in [4.78, 5) is 0. The lowest BCUT2D eigenvalue weighted by Crippen LogP contribution is -2.20. The van der Waals surface area contributed by atoms with Gasteiger partial charge in [-0.2, -0.15) is 0 Å². The van der Waals surface area contributed by atoms with Crippen LogP contribution < -0.4 is 0 Å². The topological polar surface area (TPSA) is 18.5 Å². The Hall–Kier alpha value is -3.20. The second-order valence-electron chi connectivity index (χ2n) is 8.45. The van der Waals surface area contributed by atoms with E-state index >= 15 is 0 Å². The second-order valence-corrected chi connectivity index (χ2v) is 8.45. The monoisotopic (exact) mass is 406 g/mol. The Morgan fingerprint density at radius 1 is 0.452 bits per heavy atom. The molecule has 0 amide bonds. The third kappa shape index (κ3) is 4.18. The molecule has 2 heteroatoms. The molecule has 4 aromatic rings. The SMILES string of the molecule is CC1(C)O[C@H](c2ccc(-c3ccccc3)cc2)[C@@H](c2ccc(-c3ccccc3)cc2)O1. The summed E-state index contributed by atoms with van der Waals surface area (Å²) < 4.78 is 12.7. The molecule has 0 aromatic heterocycles. The summed E-state index contributed by atoms with van der Waals surface area (Å²) in [6.45, 7) is 3.97. The van der Waals surface area contributed by atoms with E-state index in [1.165, 1.54) is 22.3 Å². The highest BCUT2D eigenvalue weighted by Crippen LogP contribution is 2.47. The van der Waals surface area contributed by atoms with Gasteiger partial charge in [-0.3, -0.25) is 0 Å². The van der Waals surface area contributed by atoms with Gasteiger partial charge in [0.2, 0.25) is 0 Å². The Kier molecular flexibility index (Phi) is 5.19. The van der Waals surface area contributed by atoms with Gasteiger partial charge in [-0.15, -0.1) is 0 Å². The van der Waals surface area contributed by atoms with Crippen LogP contribution in [0.5, 0.6) is 0 Å². The number of hydrogen-bond donors (Lipinski definition) is 0. The van der Waals surface area contributed by atoms with Crippen molar-refractivity contribution in [3.05, 3.63) is 120 Å². The van der Waals surface area contributed by atoms with E-state index in [0.717, 1.165) is 11.1 Å². The minimum Gasteiger partial charge on any atom is -0.339 e. The van der Waals surface area contributed by atoms with Gasteiger partial charge >= 0.3 is 0 Å². The van der Waals surface area contributed by atoms with Crippen molar-refractivity contribution in [2.24, 2.45) is 0 Å². The zero-order valence-electron chi connectivity index (χ0n) is 17.9. The van der Waals surface area contributed by atoms with Gasteiger partial charge in [0.15, 0.2) is 5.79 Å². The van der Waals surface area contributed by atoms with Gasteiger partial charge in [-0.25, -0.2) is 0 Å². The van der Waals surface area contributed by atoms with E-state index in [4.69, 9.17) is 9.47 Å². The molecule has 0 saturated carbocycles. The molecule has 2 nitrogen and oxygen atoms in total. The summed E-state index contributed by atoms with van der Waals surface area (Å²) in [7, 11) is 0. The summed E-state index contributed by atoms with van der Waals surface area (Å²) in [5, 5.41) is 0. The van der Waals surface area contributed by atoms with Crippen LogP contribution in [0.4, 0.5) is 0 Å². The van der Waals surface area contributed by atoms with Crippen LogP contribution >= 0.6 is 0 Å². The largest absolute Gasteiger partial charge is 0.339 e. The van der Waals surface area contributed by atoms with E-state index in [1.807, 2.05) is 26.0 Å². The molecule has 1 aliphatic rings. The number of ether oxygens (including phenoxy) is 2. The van der Waals surface area contributed by atoms with Crippen molar-refractivity contribution in [1.29, 1.82) is 0 Å². The first kappa shape index (κ1) is 19.7. The van der Waals surface area contributed by atoms with Crippen LogP contribution in [-0.4, -0.2) is 5.79 Å². The molecular weight excluding hydrogens is 380 g/mol.